The summed E-state index contributed by atoms with van der Waals surface area (Å²) in [5, 5.41) is 7.38. The highest BCUT2D eigenvalue weighted by molar-refractivity contribution is 6.03. The molecule has 1 N–H and O–H groups in total. The first-order valence-corrected chi connectivity index (χ1v) is 9.39. The fourth-order valence-electron chi connectivity index (χ4n) is 3.23. The van der Waals surface area contributed by atoms with Crippen LogP contribution in [0.2, 0.25) is 0 Å². The highest BCUT2D eigenvalue weighted by atomic mass is 19.1. The Balaban J connectivity index is 1.74. The second-order valence-corrected chi connectivity index (χ2v) is 6.66. The molecule has 2 aromatic heterocycles. The number of rotatable bonds is 5. The lowest BCUT2D eigenvalue weighted by Crippen LogP contribution is -2.21. The van der Waals surface area contributed by atoms with Gasteiger partial charge in [0.2, 0.25) is 0 Å². The molecule has 0 fully saturated rings. The third-order valence-corrected chi connectivity index (χ3v) is 4.64. The molecule has 0 atom stereocenters. The maximum Gasteiger partial charge on any atom is 0.274 e. The maximum atomic E-state index is 13.4. The van der Waals surface area contributed by atoms with Gasteiger partial charge in [0.05, 0.1) is 0 Å². The number of pyridine rings is 1. The molecule has 0 unspecified atom stereocenters. The lowest BCUT2D eigenvalue weighted by atomic mass is 9.99. The first-order valence-electron chi connectivity index (χ1n) is 9.39. The van der Waals surface area contributed by atoms with Gasteiger partial charge in [-0.1, -0.05) is 30.3 Å². The second-order valence-electron chi connectivity index (χ2n) is 6.66. The molecule has 4 rings (SSSR count). The number of nitrogens with zero attached hydrogens (tertiary/aromatic N) is 3. The number of amides is 1. The molecule has 2 aromatic carbocycles. The molecule has 148 valence electrons. The van der Waals surface area contributed by atoms with Crippen molar-refractivity contribution in [3.8, 4) is 22.4 Å². The fourth-order valence-corrected chi connectivity index (χ4v) is 3.23. The Morgan fingerprint density at radius 3 is 2.37 bits per heavy atom. The monoisotopic (exact) mass is 398 g/mol. The third kappa shape index (κ3) is 4.03. The summed E-state index contributed by atoms with van der Waals surface area (Å²) < 4.78 is 15.0. The van der Waals surface area contributed by atoms with E-state index in [1.54, 1.807) is 42.5 Å². The van der Waals surface area contributed by atoms with Gasteiger partial charge in [0.15, 0.2) is 0 Å². The summed E-state index contributed by atoms with van der Waals surface area (Å²) in [5.41, 5.74) is 4.16. The average Bonchev–Trinajstić information content (AvgIpc) is 3.12. The number of nitrogens with one attached hydrogen (secondary N) is 1. The molecule has 0 bridgehead atoms. The summed E-state index contributed by atoms with van der Waals surface area (Å²) in [6, 6.07) is 19.4. The van der Waals surface area contributed by atoms with Crippen LogP contribution in [0.1, 0.15) is 16.1 Å². The van der Waals surface area contributed by atoms with E-state index in [0.717, 1.165) is 16.7 Å². The van der Waals surface area contributed by atoms with Crippen molar-refractivity contribution in [2.24, 2.45) is 7.05 Å². The molecule has 0 saturated carbocycles. The molecule has 0 spiro atoms. The van der Waals surface area contributed by atoms with Gasteiger partial charge in [-0.05, 0) is 53.6 Å². The molecule has 4 aromatic rings. The van der Waals surface area contributed by atoms with E-state index >= 15 is 0 Å². The molecule has 5 nitrogen and oxygen atoms in total. The van der Waals surface area contributed by atoms with Crippen LogP contribution in [0, 0.1) is 5.82 Å². The smallest absolute Gasteiger partial charge is 0.274 e. The maximum absolute atomic E-state index is 13.4. The summed E-state index contributed by atoms with van der Waals surface area (Å²) in [5.74, 6) is -0.624. The minimum atomic E-state index is -0.329. The highest BCUT2D eigenvalue weighted by Crippen LogP contribution is 2.34. The Morgan fingerprint density at radius 1 is 0.967 bits per heavy atom. The lowest BCUT2D eigenvalue weighted by molar-refractivity contribution is 0.0962. The normalized spacial score (nSPS) is 11.0. The van der Waals surface area contributed by atoms with E-state index in [1.807, 2.05) is 48.5 Å². The summed E-state index contributed by atoms with van der Waals surface area (Å²) in [6.07, 6.45) is 6.75. The summed E-state index contributed by atoms with van der Waals surface area (Å²) in [6.45, 7) is 0. The van der Waals surface area contributed by atoms with Crippen molar-refractivity contribution in [2.45, 2.75) is 0 Å². The number of halogens is 1. The number of aromatic nitrogens is 3. The third-order valence-electron chi connectivity index (χ3n) is 4.64. The Bertz CT molecular complexity index is 1180. The number of aryl methyl sites for hydroxylation is 1. The van der Waals surface area contributed by atoms with Crippen LogP contribution in [0.15, 0.2) is 85.3 Å². The molecule has 0 radical (unpaired) electrons. The molecule has 0 saturated heterocycles. The van der Waals surface area contributed by atoms with Crippen molar-refractivity contribution >= 4 is 12.0 Å². The zero-order chi connectivity index (χ0) is 20.9. The van der Waals surface area contributed by atoms with Crippen LogP contribution >= 0.6 is 0 Å². The van der Waals surface area contributed by atoms with Gasteiger partial charge in [0.25, 0.3) is 5.91 Å². The topological polar surface area (TPSA) is 59.8 Å². The van der Waals surface area contributed by atoms with E-state index in [-0.39, 0.29) is 11.7 Å². The second kappa shape index (κ2) is 8.53. The SMILES string of the molecule is Cn1nc(-c2ccc(F)cc2)c(-c2ccncc2)c1C(=O)NC=Cc1ccccc1. The number of carbonyl (C=O) groups excluding carboxylic acids is 1. The Hall–Kier alpha value is -4.06. The number of hydrogen-bond donors (Lipinski definition) is 1. The number of benzene rings is 2. The number of carbonyl (C=O) groups is 1. The van der Waals surface area contributed by atoms with Gasteiger partial charge in [0, 0.05) is 36.8 Å². The average molecular weight is 398 g/mol. The zero-order valence-electron chi connectivity index (χ0n) is 16.3. The Morgan fingerprint density at radius 2 is 1.67 bits per heavy atom. The van der Waals surface area contributed by atoms with E-state index in [4.69, 9.17) is 0 Å². The van der Waals surface area contributed by atoms with Gasteiger partial charge in [-0.3, -0.25) is 14.5 Å². The molecule has 6 heteroatoms. The van der Waals surface area contributed by atoms with Crippen molar-refractivity contribution in [3.05, 3.63) is 102 Å². The van der Waals surface area contributed by atoms with Crippen molar-refractivity contribution < 1.29 is 9.18 Å². The van der Waals surface area contributed by atoms with Gasteiger partial charge in [0.1, 0.15) is 17.2 Å². The minimum Gasteiger partial charge on any atom is -0.327 e. The van der Waals surface area contributed by atoms with Crippen molar-refractivity contribution in [3.63, 3.8) is 0 Å². The van der Waals surface area contributed by atoms with Crippen LogP contribution < -0.4 is 5.32 Å². The zero-order valence-corrected chi connectivity index (χ0v) is 16.3. The van der Waals surface area contributed by atoms with Crippen LogP contribution in [0.4, 0.5) is 4.39 Å². The van der Waals surface area contributed by atoms with Crippen LogP contribution in [-0.2, 0) is 7.05 Å². The van der Waals surface area contributed by atoms with Gasteiger partial charge in [-0.15, -0.1) is 0 Å². The molecule has 0 aliphatic rings. The molecule has 0 aliphatic heterocycles. The quantitative estimate of drug-likeness (QED) is 0.531. The van der Waals surface area contributed by atoms with E-state index in [1.165, 1.54) is 12.1 Å². The highest BCUT2D eigenvalue weighted by Gasteiger charge is 2.23. The van der Waals surface area contributed by atoms with E-state index in [0.29, 0.717) is 17.0 Å². The van der Waals surface area contributed by atoms with Crippen molar-refractivity contribution in [1.82, 2.24) is 20.1 Å². The first kappa shape index (κ1) is 19.3. The van der Waals surface area contributed by atoms with E-state index in [9.17, 15) is 9.18 Å². The molecular weight excluding hydrogens is 379 g/mol. The molecular formula is C24H19FN4O. The Labute approximate surface area is 173 Å². The fraction of sp³-hybridized carbons (Fsp3) is 0.0417. The van der Waals surface area contributed by atoms with Crippen LogP contribution in [-0.4, -0.2) is 20.7 Å². The number of hydrogen-bond acceptors (Lipinski definition) is 3. The summed E-state index contributed by atoms with van der Waals surface area (Å²) in [4.78, 5) is 17.1. The minimum absolute atomic E-state index is 0.294. The standard InChI is InChI=1S/C24H19FN4O/c1-29-23(24(30)27-16-11-17-5-3-2-4-6-17)21(18-12-14-26-15-13-18)22(28-29)19-7-9-20(25)10-8-19/h2-16H,1H3,(H,27,30). The predicted octanol–water partition coefficient (Wildman–Crippen LogP) is 4.69. The largest absolute Gasteiger partial charge is 0.327 e. The molecule has 2 heterocycles. The van der Waals surface area contributed by atoms with Gasteiger partial charge in [-0.2, -0.15) is 5.10 Å². The molecule has 1 amide bonds. The first-order chi connectivity index (χ1) is 14.6. The lowest BCUT2D eigenvalue weighted by Gasteiger charge is -2.07. The summed E-state index contributed by atoms with van der Waals surface area (Å²) in [7, 11) is 1.72. The van der Waals surface area contributed by atoms with Crippen molar-refractivity contribution in [2.75, 3.05) is 0 Å². The summed E-state index contributed by atoms with van der Waals surface area (Å²) >= 11 is 0. The van der Waals surface area contributed by atoms with E-state index < -0.39 is 0 Å². The van der Waals surface area contributed by atoms with Crippen LogP contribution in [0.5, 0.6) is 0 Å². The van der Waals surface area contributed by atoms with Crippen LogP contribution in [0.3, 0.4) is 0 Å². The molecule has 0 aliphatic carbocycles. The van der Waals surface area contributed by atoms with Crippen molar-refractivity contribution in [1.29, 1.82) is 0 Å². The molecule has 30 heavy (non-hydrogen) atoms. The van der Waals surface area contributed by atoms with Gasteiger partial charge < -0.3 is 5.32 Å². The van der Waals surface area contributed by atoms with Gasteiger partial charge >= 0.3 is 0 Å². The predicted molar refractivity (Wildman–Crippen MR) is 115 cm³/mol. The Kier molecular flexibility index (Phi) is 5.48. The van der Waals surface area contributed by atoms with Gasteiger partial charge in [-0.25, -0.2) is 4.39 Å². The van der Waals surface area contributed by atoms with E-state index in [2.05, 4.69) is 15.4 Å². The van der Waals surface area contributed by atoms with Crippen LogP contribution in [0.25, 0.3) is 28.5 Å².